The second-order valence-corrected chi connectivity index (χ2v) is 6.81. The van der Waals surface area contributed by atoms with Crippen molar-refractivity contribution in [2.45, 2.75) is 6.42 Å². The number of nitrogens with one attached hydrogen (secondary N) is 1. The third-order valence-corrected chi connectivity index (χ3v) is 4.91. The summed E-state index contributed by atoms with van der Waals surface area (Å²) in [6, 6.07) is 0. The van der Waals surface area contributed by atoms with Gasteiger partial charge in [-0.25, -0.2) is 12.7 Å². The van der Waals surface area contributed by atoms with Crippen molar-refractivity contribution in [2.75, 3.05) is 53.1 Å². The molecule has 5 nitrogen and oxygen atoms in total. The molecule has 1 aliphatic rings. The van der Waals surface area contributed by atoms with Crippen molar-refractivity contribution in [3.63, 3.8) is 0 Å². The van der Waals surface area contributed by atoms with E-state index in [2.05, 4.69) is 17.3 Å². The van der Waals surface area contributed by atoms with Gasteiger partial charge in [-0.2, -0.15) is 0 Å². The molecule has 0 spiro atoms. The molecule has 0 aliphatic carbocycles. The van der Waals surface area contributed by atoms with Gasteiger partial charge in [-0.15, -0.1) is 0 Å². The zero-order chi connectivity index (χ0) is 12.2. The van der Waals surface area contributed by atoms with E-state index >= 15 is 0 Å². The van der Waals surface area contributed by atoms with E-state index in [0.717, 1.165) is 19.5 Å². The highest BCUT2D eigenvalue weighted by atomic mass is 32.2. The van der Waals surface area contributed by atoms with Gasteiger partial charge in [0.25, 0.3) is 0 Å². The first kappa shape index (κ1) is 13.9. The van der Waals surface area contributed by atoms with Gasteiger partial charge in [0.05, 0.1) is 5.75 Å². The van der Waals surface area contributed by atoms with Crippen molar-refractivity contribution in [3.05, 3.63) is 0 Å². The Morgan fingerprint density at radius 1 is 1.50 bits per heavy atom. The first-order valence-corrected chi connectivity index (χ1v) is 7.34. The minimum absolute atomic E-state index is 0.183. The lowest BCUT2D eigenvalue weighted by atomic mass is 10.1. The summed E-state index contributed by atoms with van der Waals surface area (Å²) in [4.78, 5) is 2.25. The number of hydrogen-bond acceptors (Lipinski definition) is 4. The van der Waals surface area contributed by atoms with E-state index in [9.17, 15) is 8.42 Å². The van der Waals surface area contributed by atoms with Crippen LogP contribution >= 0.6 is 0 Å². The molecule has 1 saturated heterocycles. The number of nitrogens with zero attached hydrogens (tertiary/aromatic N) is 2. The molecule has 6 heteroatoms. The Hall–Kier alpha value is -0.170. The fourth-order valence-electron chi connectivity index (χ4n) is 2.04. The SMILES string of the molecule is CNCCS(=O)(=O)N(C)CC1CCN(C)C1. The van der Waals surface area contributed by atoms with Crippen LogP contribution in [0.5, 0.6) is 0 Å². The Balaban J connectivity index is 2.41. The van der Waals surface area contributed by atoms with Gasteiger partial charge in [-0.1, -0.05) is 0 Å². The molecular formula is C10H23N3O2S. The molecule has 1 fully saturated rings. The average Bonchev–Trinajstić information content (AvgIpc) is 2.61. The molecule has 96 valence electrons. The van der Waals surface area contributed by atoms with Gasteiger partial charge < -0.3 is 10.2 Å². The number of hydrogen-bond donors (Lipinski definition) is 1. The molecular weight excluding hydrogens is 226 g/mol. The van der Waals surface area contributed by atoms with Gasteiger partial charge in [0.1, 0.15) is 0 Å². The van der Waals surface area contributed by atoms with E-state index in [-0.39, 0.29) is 5.75 Å². The zero-order valence-electron chi connectivity index (χ0n) is 10.4. The highest BCUT2D eigenvalue weighted by Crippen LogP contribution is 2.16. The summed E-state index contributed by atoms with van der Waals surface area (Å²) in [6.07, 6.45) is 1.10. The first-order chi connectivity index (χ1) is 7.45. The van der Waals surface area contributed by atoms with Crippen LogP contribution in [0.1, 0.15) is 6.42 Å². The summed E-state index contributed by atoms with van der Waals surface area (Å²) in [5.74, 6) is 0.669. The van der Waals surface area contributed by atoms with E-state index in [4.69, 9.17) is 0 Å². The van der Waals surface area contributed by atoms with Crippen LogP contribution < -0.4 is 5.32 Å². The second kappa shape index (κ2) is 5.95. The lowest BCUT2D eigenvalue weighted by Gasteiger charge is -2.20. The highest BCUT2D eigenvalue weighted by molar-refractivity contribution is 7.89. The van der Waals surface area contributed by atoms with Crippen molar-refractivity contribution in [3.8, 4) is 0 Å². The maximum atomic E-state index is 11.8. The van der Waals surface area contributed by atoms with Crippen molar-refractivity contribution in [2.24, 2.45) is 5.92 Å². The van der Waals surface area contributed by atoms with Crippen LogP contribution in [0.4, 0.5) is 0 Å². The number of rotatable bonds is 6. The molecule has 1 rings (SSSR count). The monoisotopic (exact) mass is 249 g/mol. The molecule has 0 aromatic carbocycles. The smallest absolute Gasteiger partial charge is 0.215 e. The van der Waals surface area contributed by atoms with Crippen LogP contribution in [-0.2, 0) is 10.0 Å². The standard InChI is InChI=1S/C10H23N3O2S/c1-11-5-7-16(14,15)13(3)9-10-4-6-12(2)8-10/h10-11H,4-9H2,1-3H3. The molecule has 1 atom stereocenters. The summed E-state index contributed by atoms with van der Waals surface area (Å²) in [6.45, 7) is 3.24. The Bertz CT molecular complexity index is 305. The Kier molecular flexibility index (Phi) is 5.17. The quantitative estimate of drug-likeness (QED) is 0.684. The molecule has 0 saturated carbocycles. The summed E-state index contributed by atoms with van der Waals surface area (Å²) < 4.78 is 25.2. The summed E-state index contributed by atoms with van der Waals surface area (Å²) >= 11 is 0. The third-order valence-electron chi connectivity index (χ3n) is 3.09. The predicted octanol–water partition coefficient (Wildman–Crippen LogP) is -0.581. The maximum Gasteiger partial charge on any atom is 0.215 e. The van der Waals surface area contributed by atoms with Crippen molar-refractivity contribution in [1.82, 2.24) is 14.5 Å². The van der Waals surface area contributed by atoms with E-state index in [1.165, 1.54) is 4.31 Å². The second-order valence-electron chi connectivity index (χ2n) is 4.62. The topological polar surface area (TPSA) is 52.7 Å². The molecule has 0 aromatic rings. The van der Waals surface area contributed by atoms with Crippen LogP contribution in [-0.4, -0.2) is 70.7 Å². The molecule has 1 N–H and O–H groups in total. The van der Waals surface area contributed by atoms with Crippen molar-refractivity contribution >= 4 is 10.0 Å². The molecule has 16 heavy (non-hydrogen) atoms. The molecule has 0 aromatic heterocycles. The van der Waals surface area contributed by atoms with E-state index in [1.807, 2.05) is 0 Å². The van der Waals surface area contributed by atoms with Gasteiger partial charge in [0, 0.05) is 26.7 Å². The van der Waals surface area contributed by atoms with Crippen LogP contribution in [0.3, 0.4) is 0 Å². The molecule has 1 aliphatic heterocycles. The zero-order valence-corrected chi connectivity index (χ0v) is 11.3. The lowest BCUT2D eigenvalue weighted by molar-refractivity contribution is 0.356. The fraction of sp³-hybridized carbons (Fsp3) is 1.00. The minimum Gasteiger partial charge on any atom is -0.319 e. The number of likely N-dealkylation sites (tertiary alicyclic amines) is 1. The largest absolute Gasteiger partial charge is 0.319 e. The van der Waals surface area contributed by atoms with Gasteiger partial charge >= 0.3 is 0 Å². The van der Waals surface area contributed by atoms with Crippen LogP contribution in [0, 0.1) is 5.92 Å². The summed E-state index contributed by atoms with van der Waals surface area (Å²) in [7, 11) is 2.45. The minimum atomic E-state index is -3.08. The third kappa shape index (κ3) is 4.01. The van der Waals surface area contributed by atoms with Gasteiger partial charge in [-0.3, -0.25) is 0 Å². The molecule has 0 radical (unpaired) electrons. The molecule has 0 amide bonds. The Labute approximate surface area is 98.8 Å². The Morgan fingerprint density at radius 3 is 2.69 bits per heavy atom. The summed E-state index contributed by atoms with van der Waals surface area (Å²) in [5, 5.41) is 2.87. The fourth-order valence-corrected chi connectivity index (χ4v) is 3.25. The van der Waals surface area contributed by atoms with E-state index in [0.29, 0.717) is 19.0 Å². The number of sulfonamides is 1. The first-order valence-electron chi connectivity index (χ1n) is 5.73. The van der Waals surface area contributed by atoms with E-state index < -0.39 is 10.0 Å². The summed E-state index contributed by atoms with van der Waals surface area (Å²) in [5.41, 5.74) is 0. The highest BCUT2D eigenvalue weighted by Gasteiger charge is 2.25. The molecule has 1 heterocycles. The van der Waals surface area contributed by atoms with E-state index in [1.54, 1.807) is 14.1 Å². The molecule has 0 bridgehead atoms. The average molecular weight is 249 g/mol. The molecule has 1 unspecified atom stereocenters. The maximum absolute atomic E-state index is 11.8. The Morgan fingerprint density at radius 2 is 2.19 bits per heavy atom. The van der Waals surface area contributed by atoms with Gasteiger partial charge in [0.2, 0.25) is 10.0 Å². The predicted molar refractivity (Wildman–Crippen MR) is 65.9 cm³/mol. The normalized spacial score (nSPS) is 23.1. The van der Waals surface area contributed by atoms with Crippen molar-refractivity contribution in [1.29, 1.82) is 0 Å². The lowest BCUT2D eigenvalue weighted by Crippen LogP contribution is -2.36. The van der Waals surface area contributed by atoms with Crippen LogP contribution in [0.2, 0.25) is 0 Å². The van der Waals surface area contributed by atoms with Crippen LogP contribution in [0.25, 0.3) is 0 Å². The van der Waals surface area contributed by atoms with Crippen molar-refractivity contribution < 1.29 is 8.42 Å². The van der Waals surface area contributed by atoms with Gasteiger partial charge in [0.15, 0.2) is 0 Å². The van der Waals surface area contributed by atoms with Gasteiger partial charge in [-0.05, 0) is 33.0 Å². The van der Waals surface area contributed by atoms with Crippen LogP contribution in [0.15, 0.2) is 0 Å².